The van der Waals surface area contributed by atoms with E-state index in [1.54, 1.807) is 7.11 Å². The van der Waals surface area contributed by atoms with Gasteiger partial charge in [0.1, 0.15) is 11.9 Å². The summed E-state index contributed by atoms with van der Waals surface area (Å²) in [6.45, 7) is 4.91. The van der Waals surface area contributed by atoms with E-state index >= 15 is 0 Å². The Balaban J connectivity index is 1.32. The van der Waals surface area contributed by atoms with E-state index in [0.717, 1.165) is 37.2 Å². The van der Waals surface area contributed by atoms with Crippen molar-refractivity contribution in [1.82, 2.24) is 10.2 Å². The fourth-order valence-corrected chi connectivity index (χ4v) is 4.26. The van der Waals surface area contributed by atoms with Crippen molar-refractivity contribution < 1.29 is 14.3 Å². The van der Waals surface area contributed by atoms with Crippen LogP contribution in [0.1, 0.15) is 22.3 Å². The second kappa shape index (κ2) is 8.33. The van der Waals surface area contributed by atoms with Gasteiger partial charge in [-0.3, -0.25) is 9.69 Å². The highest BCUT2D eigenvalue weighted by Gasteiger charge is 2.30. The highest BCUT2D eigenvalue weighted by molar-refractivity contribution is 5.81. The molecule has 1 atom stereocenters. The molecule has 5 heteroatoms. The first-order chi connectivity index (χ1) is 13.6. The fraction of sp³-hybridized carbons (Fsp3) is 0.435. The van der Waals surface area contributed by atoms with Gasteiger partial charge < -0.3 is 14.8 Å². The molecule has 1 fully saturated rings. The quantitative estimate of drug-likeness (QED) is 0.866. The molecular formula is C23H28N2O3. The Bertz CT molecular complexity index is 826. The van der Waals surface area contributed by atoms with Crippen molar-refractivity contribution in [3.8, 4) is 5.75 Å². The Labute approximate surface area is 166 Å². The summed E-state index contributed by atoms with van der Waals surface area (Å²) >= 11 is 0. The van der Waals surface area contributed by atoms with Gasteiger partial charge in [0.2, 0.25) is 0 Å². The second-order valence-corrected chi connectivity index (χ2v) is 7.78. The third-order valence-electron chi connectivity index (χ3n) is 5.71. The van der Waals surface area contributed by atoms with Crippen LogP contribution in [0.4, 0.5) is 0 Å². The van der Waals surface area contributed by atoms with Crippen LogP contribution in [0.15, 0.2) is 42.5 Å². The zero-order valence-electron chi connectivity index (χ0n) is 16.6. The third kappa shape index (κ3) is 4.21. The Morgan fingerprint density at radius 2 is 1.96 bits per heavy atom. The van der Waals surface area contributed by atoms with E-state index in [-0.39, 0.29) is 11.9 Å². The minimum atomic E-state index is -0.406. The number of rotatable bonds is 5. The predicted molar refractivity (Wildman–Crippen MR) is 109 cm³/mol. The highest BCUT2D eigenvalue weighted by atomic mass is 16.5. The van der Waals surface area contributed by atoms with E-state index in [9.17, 15) is 4.79 Å². The number of nitrogens with zero attached hydrogens (tertiary/aromatic N) is 1. The van der Waals surface area contributed by atoms with E-state index < -0.39 is 6.10 Å². The lowest BCUT2D eigenvalue weighted by atomic mass is 10.1. The van der Waals surface area contributed by atoms with Gasteiger partial charge in [0.25, 0.3) is 5.91 Å². The second-order valence-electron chi connectivity index (χ2n) is 7.78. The summed E-state index contributed by atoms with van der Waals surface area (Å²) in [6.07, 6.45) is 1.41. The zero-order chi connectivity index (χ0) is 19.5. The van der Waals surface area contributed by atoms with E-state index in [1.807, 2.05) is 6.07 Å². The molecule has 1 N–H and O–H groups in total. The zero-order valence-corrected chi connectivity index (χ0v) is 16.6. The maximum atomic E-state index is 12.8. The number of carbonyl (C=O) groups is 1. The molecule has 0 aromatic heterocycles. The van der Waals surface area contributed by atoms with Gasteiger partial charge in [-0.1, -0.05) is 36.4 Å². The largest absolute Gasteiger partial charge is 0.496 e. The lowest BCUT2D eigenvalue weighted by Gasteiger charge is -2.32. The topological polar surface area (TPSA) is 50.8 Å². The summed E-state index contributed by atoms with van der Waals surface area (Å²) < 4.78 is 11.1. The minimum absolute atomic E-state index is 0.00779. The van der Waals surface area contributed by atoms with Crippen molar-refractivity contribution in [2.45, 2.75) is 38.5 Å². The number of amides is 1. The van der Waals surface area contributed by atoms with Gasteiger partial charge in [0, 0.05) is 25.7 Å². The number of benzene rings is 2. The van der Waals surface area contributed by atoms with E-state index in [4.69, 9.17) is 9.47 Å². The standard InChI is InChI=1S/C23H28N2O3/c1-16-11-17(7-8-21(16)27-2)14-25-9-10-28-22(15-25)23(26)24-20-12-18-5-3-4-6-19(18)13-20/h3-8,11,20,22H,9-10,12-15H2,1-2H3,(H,24,26)/t22-/m0/s1. The molecule has 2 aliphatic rings. The molecule has 1 amide bonds. The molecule has 2 aromatic carbocycles. The van der Waals surface area contributed by atoms with Crippen molar-refractivity contribution in [1.29, 1.82) is 0 Å². The molecular weight excluding hydrogens is 352 g/mol. The summed E-state index contributed by atoms with van der Waals surface area (Å²) in [7, 11) is 1.69. The first kappa shape index (κ1) is 19.0. The molecule has 148 valence electrons. The lowest BCUT2D eigenvalue weighted by molar-refractivity contribution is -0.139. The first-order valence-corrected chi connectivity index (χ1v) is 9.97. The van der Waals surface area contributed by atoms with Gasteiger partial charge in [0.15, 0.2) is 0 Å². The van der Waals surface area contributed by atoms with Crippen LogP contribution >= 0.6 is 0 Å². The van der Waals surface area contributed by atoms with Gasteiger partial charge in [-0.2, -0.15) is 0 Å². The number of morpholine rings is 1. The summed E-state index contributed by atoms with van der Waals surface area (Å²) in [5.41, 5.74) is 5.04. The average molecular weight is 380 g/mol. The van der Waals surface area contributed by atoms with Crippen molar-refractivity contribution >= 4 is 5.91 Å². The molecule has 0 unspecified atom stereocenters. The van der Waals surface area contributed by atoms with E-state index in [0.29, 0.717) is 13.2 Å². The number of methoxy groups -OCH3 is 1. The van der Waals surface area contributed by atoms with Crippen LogP contribution in [0, 0.1) is 6.92 Å². The Morgan fingerprint density at radius 1 is 1.21 bits per heavy atom. The van der Waals surface area contributed by atoms with Crippen LogP contribution < -0.4 is 10.1 Å². The van der Waals surface area contributed by atoms with Gasteiger partial charge in [-0.05, 0) is 48.1 Å². The molecule has 0 saturated carbocycles. The lowest BCUT2D eigenvalue weighted by Crippen LogP contribution is -2.51. The van der Waals surface area contributed by atoms with Crippen LogP contribution in [-0.2, 0) is 28.9 Å². The SMILES string of the molecule is COc1ccc(CN2CCO[C@H](C(=O)NC3Cc4ccccc4C3)C2)cc1C. The van der Waals surface area contributed by atoms with Crippen molar-refractivity contribution in [3.05, 3.63) is 64.7 Å². The fourth-order valence-electron chi connectivity index (χ4n) is 4.26. The highest BCUT2D eigenvalue weighted by Crippen LogP contribution is 2.23. The number of hydrogen-bond donors (Lipinski definition) is 1. The molecule has 5 nitrogen and oxygen atoms in total. The van der Waals surface area contributed by atoms with Crippen molar-refractivity contribution in [3.63, 3.8) is 0 Å². The minimum Gasteiger partial charge on any atom is -0.496 e. The number of aryl methyl sites for hydroxylation is 1. The number of ether oxygens (including phenoxy) is 2. The number of hydrogen-bond acceptors (Lipinski definition) is 4. The molecule has 4 rings (SSSR count). The molecule has 28 heavy (non-hydrogen) atoms. The molecule has 0 bridgehead atoms. The maximum absolute atomic E-state index is 12.8. The van der Waals surface area contributed by atoms with Crippen LogP contribution in [0.5, 0.6) is 5.75 Å². The molecule has 1 heterocycles. The normalized spacial score (nSPS) is 20.0. The summed E-state index contributed by atoms with van der Waals surface area (Å²) in [4.78, 5) is 15.1. The molecule has 1 aliphatic carbocycles. The van der Waals surface area contributed by atoms with Crippen LogP contribution in [0.2, 0.25) is 0 Å². The van der Waals surface area contributed by atoms with E-state index in [1.165, 1.54) is 16.7 Å². The van der Waals surface area contributed by atoms with Crippen LogP contribution in [0.25, 0.3) is 0 Å². The maximum Gasteiger partial charge on any atom is 0.250 e. The molecule has 0 spiro atoms. The number of carbonyl (C=O) groups excluding carboxylic acids is 1. The number of nitrogens with one attached hydrogen (secondary N) is 1. The van der Waals surface area contributed by atoms with Crippen LogP contribution in [0.3, 0.4) is 0 Å². The third-order valence-corrected chi connectivity index (χ3v) is 5.71. The number of fused-ring (bicyclic) bond motifs is 1. The predicted octanol–water partition coefficient (Wildman–Crippen LogP) is 2.49. The molecule has 2 aromatic rings. The average Bonchev–Trinajstić information content (AvgIpc) is 3.10. The Hall–Kier alpha value is -2.37. The first-order valence-electron chi connectivity index (χ1n) is 9.97. The van der Waals surface area contributed by atoms with Gasteiger partial charge in [-0.15, -0.1) is 0 Å². The van der Waals surface area contributed by atoms with Gasteiger partial charge in [0.05, 0.1) is 13.7 Å². The molecule has 1 aliphatic heterocycles. The van der Waals surface area contributed by atoms with Crippen molar-refractivity contribution in [2.75, 3.05) is 26.8 Å². The van der Waals surface area contributed by atoms with Gasteiger partial charge >= 0.3 is 0 Å². The Morgan fingerprint density at radius 3 is 2.64 bits per heavy atom. The van der Waals surface area contributed by atoms with Crippen LogP contribution in [-0.4, -0.2) is 49.8 Å². The molecule has 1 saturated heterocycles. The van der Waals surface area contributed by atoms with Gasteiger partial charge in [-0.25, -0.2) is 0 Å². The summed E-state index contributed by atoms with van der Waals surface area (Å²) in [6, 6.07) is 14.8. The van der Waals surface area contributed by atoms with E-state index in [2.05, 4.69) is 53.5 Å². The Kier molecular flexibility index (Phi) is 5.64. The van der Waals surface area contributed by atoms with Crippen molar-refractivity contribution in [2.24, 2.45) is 0 Å². The smallest absolute Gasteiger partial charge is 0.250 e. The molecule has 0 radical (unpaired) electrons. The summed E-state index contributed by atoms with van der Waals surface area (Å²) in [5, 5.41) is 3.20. The monoisotopic (exact) mass is 380 g/mol. The summed E-state index contributed by atoms with van der Waals surface area (Å²) in [5.74, 6) is 0.911.